The quantitative estimate of drug-likeness (QED) is 0.0679. The highest BCUT2D eigenvalue weighted by Crippen LogP contribution is 2.30. The number of carbonyl (C=O) groups is 4. The molecule has 1 heterocycles. The molecule has 0 bridgehead atoms. The molecule has 0 aliphatic rings. The third-order valence-electron chi connectivity index (χ3n) is 7.34. The molecule has 0 saturated heterocycles. The minimum atomic E-state index is -4.61. The number of imidazole rings is 1. The normalized spacial score (nSPS) is 12.1. The van der Waals surface area contributed by atoms with Gasteiger partial charge < -0.3 is 31.6 Å². The van der Waals surface area contributed by atoms with Gasteiger partial charge in [-0.15, -0.1) is 0 Å². The van der Waals surface area contributed by atoms with Gasteiger partial charge in [0.15, 0.2) is 0 Å². The molecule has 4 amide bonds. The Morgan fingerprint density at radius 1 is 0.942 bits per heavy atom. The maximum absolute atomic E-state index is 13.2. The van der Waals surface area contributed by atoms with E-state index in [-0.39, 0.29) is 29.1 Å². The Bertz CT molecular complexity index is 2040. The van der Waals surface area contributed by atoms with Crippen LogP contribution < -0.4 is 26.6 Å². The van der Waals surface area contributed by atoms with Crippen LogP contribution in [0.15, 0.2) is 121 Å². The van der Waals surface area contributed by atoms with Crippen LogP contribution in [0, 0.1) is 6.92 Å². The predicted molar refractivity (Wildman–Crippen MR) is 193 cm³/mol. The van der Waals surface area contributed by atoms with E-state index in [1.807, 2.05) is 0 Å². The van der Waals surface area contributed by atoms with Gasteiger partial charge in [-0.3, -0.25) is 19.2 Å². The molecule has 52 heavy (non-hydrogen) atoms. The van der Waals surface area contributed by atoms with Gasteiger partial charge in [0, 0.05) is 46.5 Å². The number of rotatable bonds is 14. The monoisotopic (exact) mass is 712 g/mol. The van der Waals surface area contributed by atoms with Crippen molar-refractivity contribution >= 4 is 46.9 Å². The standard InChI is InChI=1S/C37H35F3N8O4/c1-5-26(45-35(51)31-17-29(14-13-22(31)3)46-34(50)24-9-7-10-25(15-24)37(38,39)40)20-42-23(4)44-27-11-8-12-28(16-27)47-36(52)32(48-33(49)6-2)18-30-19-41-21-43-30/h5-17,19-21,32,44H,2,4,18H2,1,3H3,(H,41,43)(H,45,51)(H,46,50)(H,47,52)(H,48,49)/b26-5+,42-20-. The summed E-state index contributed by atoms with van der Waals surface area (Å²) in [5, 5.41) is 13.7. The van der Waals surface area contributed by atoms with Gasteiger partial charge in [0.1, 0.15) is 11.9 Å². The van der Waals surface area contributed by atoms with Crippen molar-refractivity contribution in [3.63, 3.8) is 0 Å². The molecular formula is C37H35F3N8O4. The number of hydrogen-bond acceptors (Lipinski definition) is 7. The summed E-state index contributed by atoms with van der Waals surface area (Å²) in [7, 11) is 0. The third kappa shape index (κ3) is 10.9. The molecule has 268 valence electrons. The van der Waals surface area contributed by atoms with Gasteiger partial charge >= 0.3 is 6.18 Å². The lowest BCUT2D eigenvalue weighted by Crippen LogP contribution is -2.44. The summed E-state index contributed by atoms with van der Waals surface area (Å²) < 4.78 is 39.3. The number of hydrogen-bond donors (Lipinski definition) is 6. The van der Waals surface area contributed by atoms with Gasteiger partial charge in [-0.1, -0.05) is 37.4 Å². The lowest BCUT2D eigenvalue weighted by molar-refractivity contribution is -0.137. The van der Waals surface area contributed by atoms with Crippen molar-refractivity contribution in [3.05, 3.63) is 144 Å². The topological polar surface area (TPSA) is 169 Å². The number of alkyl halides is 3. The van der Waals surface area contributed by atoms with Gasteiger partial charge in [-0.05, 0) is 74.0 Å². The zero-order chi connectivity index (χ0) is 37.8. The van der Waals surface area contributed by atoms with E-state index in [9.17, 15) is 32.3 Å². The Hall–Kier alpha value is -6.77. The third-order valence-corrected chi connectivity index (χ3v) is 7.34. The van der Waals surface area contributed by atoms with Gasteiger partial charge in [0.05, 0.1) is 23.8 Å². The molecule has 0 spiro atoms. The lowest BCUT2D eigenvalue weighted by Gasteiger charge is -2.17. The van der Waals surface area contributed by atoms with E-state index in [4.69, 9.17) is 0 Å². The highest BCUT2D eigenvalue weighted by molar-refractivity contribution is 6.06. The molecule has 4 rings (SSSR count). The zero-order valence-electron chi connectivity index (χ0n) is 28.1. The van der Waals surface area contributed by atoms with Crippen molar-refractivity contribution in [2.45, 2.75) is 32.5 Å². The fourth-order valence-corrected chi connectivity index (χ4v) is 4.67. The molecule has 3 aromatic carbocycles. The number of carbonyl (C=O) groups excluding carboxylic acids is 4. The number of nitrogens with one attached hydrogen (secondary N) is 6. The van der Waals surface area contributed by atoms with E-state index in [0.29, 0.717) is 28.3 Å². The second kappa shape index (κ2) is 17.2. The lowest BCUT2D eigenvalue weighted by atomic mass is 10.1. The fourth-order valence-electron chi connectivity index (χ4n) is 4.67. The van der Waals surface area contributed by atoms with Crippen LogP contribution in [0.2, 0.25) is 0 Å². The Kier molecular flexibility index (Phi) is 12.6. The predicted octanol–water partition coefficient (Wildman–Crippen LogP) is 6.13. The summed E-state index contributed by atoms with van der Waals surface area (Å²) >= 11 is 0. The van der Waals surface area contributed by atoms with Crippen molar-refractivity contribution in [1.82, 2.24) is 20.6 Å². The van der Waals surface area contributed by atoms with E-state index < -0.39 is 41.4 Å². The summed E-state index contributed by atoms with van der Waals surface area (Å²) in [5.74, 6) is -2.07. The minimum absolute atomic E-state index is 0.170. The number of aliphatic imine (C=N–C) groups is 1. The van der Waals surface area contributed by atoms with Gasteiger partial charge in [-0.2, -0.15) is 13.2 Å². The van der Waals surface area contributed by atoms with Crippen LogP contribution in [0.3, 0.4) is 0 Å². The number of halogens is 3. The number of aromatic nitrogens is 2. The van der Waals surface area contributed by atoms with Crippen molar-refractivity contribution in [3.8, 4) is 0 Å². The molecule has 15 heteroatoms. The average molecular weight is 713 g/mol. The number of aromatic amines is 1. The van der Waals surface area contributed by atoms with E-state index in [1.165, 1.54) is 30.7 Å². The first kappa shape index (κ1) is 38.0. The Morgan fingerprint density at radius 2 is 1.65 bits per heavy atom. The van der Waals surface area contributed by atoms with Crippen LogP contribution >= 0.6 is 0 Å². The fraction of sp³-hybridized carbons (Fsp3) is 0.135. The first-order chi connectivity index (χ1) is 24.7. The second-order valence-corrected chi connectivity index (χ2v) is 11.2. The Balaban J connectivity index is 1.36. The van der Waals surface area contributed by atoms with Crippen LogP contribution in [0.25, 0.3) is 0 Å². The number of anilines is 3. The molecule has 1 atom stereocenters. The maximum Gasteiger partial charge on any atom is 0.416 e. The van der Waals surface area contributed by atoms with E-state index in [0.717, 1.165) is 24.3 Å². The molecule has 4 aromatic rings. The van der Waals surface area contributed by atoms with Crippen LogP contribution in [0.1, 0.15) is 44.5 Å². The Morgan fingerprint density at radius 3 is 2.33 bits per heavy atom. The summed E-state index contributed by atoms with van der Waals surface area (Å²) in [4.78, 5) is 62.0. The largest absolute Gasteiger partial charge is 0.416 e. The molecule has 0 saturated carbocycles. The highest BCUT2D eigenvalue weighted by atomic mass is 19.4. The molecule has 0 fully saturated rings. The van der Waals surface area contributed by atoms with Crippen molar-refractivity contribution in [2.75, 3.05) is 16.0 Å². The number of aryl methyl sites for hydroxylation is 1. The number of benzene rings is 3. The maximum atomic E-state index is 13.2. The summed E-state index contributed by atoms with van der Waals surface area (Å²) in [6.45, 7) is 10.7. The average Bonchev–Trinajstić information content (AvgIpc) is 3.63. The molecule has 12 nitrogen and oxygen atoms in total. The van der Waals surface area contributed by atoms with Crippen LogP contribution in [0.5, 0.6) is 0 Å². The van der Waals surface area contributed by atoms with Crippen molar-refractivity contribution < 1.29 is 32.3 Å². The molecule has 0 aliphatic carbocycles. The molecule has 0 radical (unpaired) electrons. The van der Waals surface area contributed by atoms with Crippen LogP contribution in [-0.2, 0) is 22.2 Å². The molecule has 1 unspecified atom stereocenters. The smallest absolute Gasteiger partial charge is 0.348 e. The number of H-pyrrole nitrogens is 1. The number of nitrogens with zero attached hydrogens (tertiary/aromatic N) is 2. The van der Waals surface area contributed by atoms with E-state index >= 15 is 0 Å². The SMILES string of the molecule is C=CC(=O)NC(Cc1cnc[nH]1)C(=O)Nc1cccc(NC(=C)/N=C\C(=C/C)NC(=O)c2cc(NC(=O)c3cccc(C(F)(F)F)c3)ccc2C)c1. The minimum Gasteiger partial charge on any atom is -0.348 e. The molecule has 1 aromatic heterocycles. The first-order valence-corrected chi connectivity index (χ1v) is 15.6. The van der Waals surface area contributed by atoms with Crippen LogP contribution in [0.4, 0.5) is 30.2 Å². The van der Waals surface area contributed by atoms with E-state index in [1.54, 1.807) is 56.5 Å². The molecule has 6 N–H and O–H groups in total. The summed E-state index contributed by atoms with van der Waals surface area (Å²) in [6, 6.07) is 14.4. The summed E-state index contributed by atoms with van der Waals surface area (Å²) in [6.07, 6.45) is 2.63. The van der Waals surface area contributed by atoms with Crippen LogP contribution in [-0.4, -0.2) is 45.9 Å². The zero-order valence-corrected chi connectivity index (χ0v) is 28.1. The number of allylic oxidation sites excluding steroid dienone is 2. The molecular weight excluding hydrogens is 677 g/mol. The van der Waals surface area contributed by atoms with Crippen molar-refractivity contribution in [1.29, 1.82) is 0 Å². The van der Waals surface area contributed by atoms with Crippen molar-refractivity contribution in [2.24, 2.45) is 4.99 Å². The second-order valence-electron chi connectivity index (χ2n) is 11.2. The Labute approximate surface area is 297 Å². The summed E-state index contributed by atoms with van der Waals surface area (Å²) in [5.41, 5.74) is 1.78. The highest BCUT2D eigenvalue weighted by Gasteiger charge is 2.31. The van der Waals surface area contributed by atoms with Gasteiger partial charge in [0.25, 0.3) is 11.8 Å². The molecule has 0 aliphatic heterocycles. The van der Waals surface area contributed by atoms with Gasteiger partial charge in [0.2, 0.25) is 11.8 Å². The first-order valence-electron chi connectivity index (χ1n) is 15.6. The number of amides is 4. The van der Waals surface area contributed by atoms with Gasteiger partial charge in [-0.25, -0.2) is 9.98 Å². The van der Waals surface area contributed by atoms with E-state index in [2.05, 4.69) is 54.7 Å².